The number of likely N-dealkylation sites (tertiary alicyclic amines) is 1. The number of benzene rings is 1. The van der Waals surface area contributed by atoms with Gasteiger partial charge in [0.25, 0.3) is 6.09 Å². The van der Waals surface area contributed by atoms with E-state index >= 15 is 0 Å². The summed E-state index contributed by atoms with van der Waals surface area (Å²) in [6.07, 6.45) is -1.05. The molecule has 0 aromatic heterocycles. The van der Waals surface area contributed by atoms with Crippen LogP contribution in [-0.4, -0.2) is 40.3 Å². The summed E-state index contributed by atoms with van der Waals surface area (Å²) in [5.74, 6) is -3.65. The maximum Gasteiger partial charge on any atom is 0.310 e. The number of hydrogen-bond acceptors (Lipinski definition) is 3. The van der Waals surface area contributed by atoms with Crippen molar-refractivity contribution in [1.29, 1.82) is 0 Å². The number of carbonyl (C=O) groups excluding carboxylic acids is 1. The molecule has 26 heavy (non-hydrogen) atoms. The Labute approximate surface area is 151 Å². The predicted octanol–water partition coefficient (Wildman–Crippen LogP) is 2.89. The number of amides is 1. The van der Waals surface area contributed by atoms with Gasteiger partial charge in [0, 0.05) is 12.5 Å². The molecule has 0 spiro atoms. The minimum atomic E-state index is -1.32. The summed E-state index contributed by atoms with van der Waals surface area (Å²) in [7, 11) is 0. The van der Waals surface area contributed by atoms with Crippen LogP contribution in [0.1, 0.15) is 52.0 Å². The molecule has 1 amide bonds. The van der Waals surface area contributed by atoms with Gasteiger partial charge >= 0.3 is 5.97 Å². The van der Waals surface area contributed by atoms with Gasteiger partial charge in [-0.2, -0.15) is 0 Å². The van der Waals surface area contributed by atoms with Crippen molar-refractivity contribution in [2.45, 2.75) is 52.0 Å². The highest BCUT2D eigenvalue weighted by Gasteiger charge is 2.58. The summed E-state index contributed by atoms with van der Waals surface area (Å²) in [6.45, 7) is 6.85. The number of quaternary nitrogens is 1. The molecule has 1 heterocycles. The minimum absolute atomic E-state index is 0.0309. The molecule has 3 unspecified atom stereocenters. The third kappa shape index (κ3) is 2.98. The van der Waals surface area contributed by atoms with Gasteiger partial charge in [-0.25, -0.2) is 8.78 Å². The fourth-order valence-electron chi connectivity index (χ4n) is 4.20. The van der Waals surface area contributed by atoms with Crippen molar-refractivity contribution in [1.82, 2.24) is 0 Å². The molecule has 1 aromatic rings. The molecule has 1 N–H and O–H groups in total. The molecule has 1 fully saturated rings. The second kappa shape index (κ2) is 6.61. The Bertz CT molecular complexity index is 731. The van der Waals surface area contributed by atoms with E-state index in [1.807, 2.05) is 0 Å². The first-order valence-corrected chi connectivity index (χ1v) is 8.68. The van der Waals surface area contributed by atoms with Crippen LogP contribution in [0.4, 0.5) is 13.6 Å². The molecular formula is C19H25F2NO4. The fourth-order valence-corrected chi connectivity index (χ4v) is 4.20. The lowest BCUT2D eigenvalue weighted by molar-refractivity contribution is -0.927. The lowest BCUT2D eigenvalue weighted by Crippen LogP contribution is -2.73. The molecule has 0 bridgehead atoms. The van der Waals surface area contributed by atoms with E-state index in [9.17, 15) is 28.6 Å². The van der Waals surface area contributed by atoms with E-state index in [4.69, 9.17) is 0 Å². The van der Waals surface area contributed by atoms with Gasteiger partial charge in [-0.3, -0.25) is 9.28 Å². The highest BCUT2D eigenvalue weighted by atomic mass is 19.1. The summed E-state index contributed by atoms with van der Waals surface area (Å²) < 4.78 is 27.4. The zero-order chi connectivity index (χ0) is 19.9. The van der Waals surface area contributed by atoms with E-state index in [1.54, 1.807) is 27.7 Å². The predicted molar refractivity (Wildman–Crippen MR) is 89.2 cm³/mol. The Morgan fingerprint density at radius 1 is 1.35 bits per heavy atom. The van der Waals surface area contributed by atoms with Crippen molar-refractivity contribution in [2.75, 3.05) is 13.1 Å². The number of halogens is 2. The average molecular weight is 369 g/mol. The molecule has 0 aliphatic carbocycles. The maximum atomic E-state index is 14.5. The molecule has 1 saturated heterocycles. The number of piperidine rings is 1. The van der Waals surface area contributed by atoms with Crippen LogP contribution in [0.25, 0.3) is 0 Å². The van der Waals surface area contributed by atoms with Crippen molar-refractivity contribution in [3.8, 4) is 0 Å². The topological polar surface area (TPSA) is 77.4 Å². The van der Waals surface area contributed by atoms with E-state index in [0.29, 0.717) is 6.07 Å². The Balaban J connectivity index is 2.69. The van der Waals surface area contributed by atoms with Gasteiger partial charge in [-0.1, -0.05) is 13.0 Å². The largest absolute Gasteiger partial charge is 0.498 e. The summed E-state index contributed by atoms with van der Waals surface area (Å²) >= 11 is 0. The van der Waals surface area contributed by atoms with Gasteiger partial charge in [0.15, 0.2) is 0 Å². The quantitative estimate of drug-likeness (QED) is 0.831. The first-order valence-electron chi connectivity index (χ1n) is 8.68. The lowest BCUT2D eigenvalue weighted by atomic mass is 9.64. The van der Waals surface area contributed by atoms with Gasteiger partial charge < -0.3 is 15.0 Å². The lowest BCUT2D eigenvalue weighted by Gasteiger charge is -2.56. The first-order chi connectivity index (χ1) is 11.9. The normalized spacial score (nSPS) is 29.4. The highest BCUT2D eigenvalue weighted by Crippen LogP contribution is 2.50. The molecule has 7 heteroatoms. The van der Waals surface area contributed by atoms with Crippen molar-refractivity contribution in [3.63, 3.8) is 0 Å². The van der Waals surface area contributed by atoms with Crippen molar-refractivity contribution < 1.29 is 33.1 Å². The highest BCUT2D eigenvalue weighted by molar-refractivity contribution is 5.76. The maximum absolute atomic E-state index is 14.5. The summed E-state index contributed by atoms with van der Waals surface area (Å²) in [6, 6.07) is 3.00. The van der Waals surface area contributed by atoms with Crippen LogP contribution in [0, 0.1) is 17.0 Å². The SMILES string of the molecule is CCC1(C(=O)O)CC[N+](C(=O)[O-])(C(C)(C)C)CC1c1ccc(F)cc1F. The smallest absolute Gasteiger partial charge is 0.310 e. The van der Waals surface area contributed by atoms with Gasteiger partial charge in [0.05, 0.1) is 30.0 Å². The van der Waals surface area contributed by atoms with Crippen LogP contribution in [0.15, 0.2) is 18.2 Å². The molecule has 3 atom stereocenters. The summed E-state index contributed by atoms with van der Waals surface area (Å²) in [4.78, 5) is 24.2. The molecule has 1 aliphatic rings. The van der Waals surface area contributed by atoms with E-state index in [2.05, 4.69) is 0 Å². The second-order valence-electron chi connectivity index (χ2n) is 8.09. The van der Waals surface area contributed by atoms with Gasteiger partial charge in [-0.15, -0.1) is 0 Å². The zero-order valence-electron chi connectivity index (χ0n) is 15.5. The van der Waals surface area contributed by atoms with Crippen LogP contribution in [0.2, 0.25) is 0 Å². The molecule has 144 valence electrons. The molecule has 0 radical (unpaired) electrons. The standard InChI is InChI=1S/C19H25F2NO4/c1-5-19(16(23)24)8-9-22(17(25)26,18(2,3)4)11-14(19)13-7-6-12(20)10-15(13)21/h6-7,10,14H,5,8-9,11H2,1-4H3,(H-,23,24,25,26). The van der Waals surface area contributed by atoms with E-state index < -0.39 is 45.1 Å². The van der Waals surface area contributed by atoms with E-state index in [-0.39, 0.29) is 31.5 Å². The van der Waals surface area contributed by atoms with E-state index in [1.165, 1.54) is 6.07 Å². The number of aliphatic carboxylic acids is 1. The number of carboxylic acid groups (broad SMARTS) is 2. The molecule has 2 rings (SSSR count). The molecular weight excluding hydrogens is 344 g/mol. The first kappa shape index (κ1) is 20.3. The number of carboxylic acids is 1. The third-order valence-electron chi connectivity index (χ3n) is 6.13. The Morgan fingerprint density at radius 2 is 1.96 bits per heavy atom. The van der Waals surface area contributed by atoms with Crippen LogP contribution >= 0.6 is 0 Å². The summed E-state index contributed by atoms with van der Waals surface area (Å²) in [5, 5.41) is 22.0. The van der Waals surface area contributed by atoms with Gasteiger partial charge in [0.2, 0.25) is 0 Å². The van der Waals surface area contributed by atoms with E-state index in [0.717, 1.165) is 6.07 Å². The minimum Gasteiger partial charge on any atom is -0.498 e. The number of carbonyl (C=O) groups is 2. The number of nitrogens with zero attached hydrogens (tertiary/aromatic N) is 1. The second-order valence-corrected chi connectivity index (χ2v) is 8.09. The zero-order valence-corrected chi connectivity index (χ0v) is 15.5. The Kier molecular flexibility index (Phi) is 5.16. The van der Waals surface area contributed by atoms with Gasteiger partial charge in [0.1, 0.15) is 11.6 Å². The molecule has 0 saturated carbocycles. The third-order valence-corrected chi connectivity index (χ3v) is 6.13. The van der Waals surface area contributed by atoms with Gasteiger partial charge in [-0.05, 0) is 38.8 Å². The molecule has 1 aromatic carbocycles. The van der Waals surface area contributed by atoms with Crippen LogP contribution < -0.4 is 5.11 Å². The van der Waals surface area contributed by atoms with Crippen LogP contribution in [0.5, 0.6) is 0 Å². The molecule has 1 aliphatic heterocycles. The number of hydrogen-bond donors (Lipinski definition) is 1. The summed E-state index contributed by atoms with van der Waals surface area (Å²) in [5.41, 5.74) is -2.06. The number of rotatable bonds is 3. The van der Waals surface area contributed by atoms with Crippen LogP contribution in [0.3, 0.4) is 0 Å². The van der Waals surface area contributed by atoms with Crippen molar-refractivity contribution in [3.05, 3.63) is 35.4 Å². The van der Waals surface area contributed by atoms with Crippen LogP contribution in [-0.2, 0) is 4.79 Å². The Morgan fingerprint density at radius 3 is 2.38 bits per heavy atom. The fraction of sp³-hybridized carbons (Fsp3) is 0.579. The average Bonchev–Trinajstić information content (AvgIpc) is 2.52. The van der Waals surface area contributed by atoms with Crippen molar-refractivity contribution in [2.24, 2.45) is 5.41 Å². The Hall–Kier alpha value is -2.02. The molecule has 5 nitrogen and oxygen atoms in total. The van der Waals surface area contributed by atoms with Crippen molar-refractivity contribution >= 4 is 12.1 Å². The monoisotopic (exact) mass is 369 g/mol.